The van der Waals surface area contributed by atoms with Crippen LogP contribution in [0.3, 0.4) is 0 Å². The van der Waals surface area contributed by atoms with Crippen molar-refractivity contribution in [2.45, 2.75) is 6.61 Å². The van der Waals surface area contributed by atoms with Crippen LogP contribution in [0.4, 0.5) is 10.1 Å². The monoisotopic (exact) mass is 376 g/mol. The highest BCUT2D eigenvalue weighted by Crippen LogP contribution is 2.24. The van der Waals surface area contributed by atoms with Crippen LogP contribution in [-0.2, 0) is 11.3 Å². The first-order chi connectivity index (χ1) is 12.4. The number of carbonyl (C=O) groups excluding carboxylic acids is 1. The largest absolute Gasteiger partial charge is 0.455 e. The van der Waals surface area contributed by atoms with Crippen LogP contribution in [0.25, 0.3) is 11.3 Å². The molecule has 0 atom stereocenters. The van der Waals surface area contributed by atoms with Gasteiger partial charge in [-0.15, -0.1) is 0 Å². The van der Waals surface area contributed by atoms with Gasteiger partial charge in [0, 0.05) is 22.7 Å². The molecule has 0 N–H and O–H groups in total. The van der Waals surface area contributed by atoms with Crippen molar-refractivity contribution in [1.82, 2.24) is 5.16 Å². The quantitative estimate of drug-likeness (QED) is 0.372. The fourth-order valence-corrected chi connectivity index (χ4v) is 2.35. The Morgan fingerprint density at radius 3 is 2.65 bits per heavy atom. The maximum absolute atomic E-state index is 12.9. The number of aromatic nitrogens is 1. The number of benzene rings is 2. The number of esters is 1. The lowest BCUT2D eigenvalue weighted by Crippen LogP contribution is -2.08. The molecule has 132 valence electrons. The van der Waals surface area contributed by atoms with Crippen molar-refractivity contribution < 1.29 is 23.4 Å². The number of hydrogen-bond donors (Lipinski definition) is 0. The minimum atomic E-state index is -0.912. The van der Waals surface area contributed by atoms with Crippen LogP contribution in [0, 0.1) is 15.9 Å². The molecule has 0 aliphatic carbocycles. The van der Waals surface area contributed by atoms with E-state index in [0.29, 0.717) is 17.0 Å². The summed E-state index contributed by atoms with van der Waals surface area (Å²) in [6.45, 7) is -0.257. The third-order valence-corrected chi connectivity index (χ3v) is 3.65. The summed E-state index contributed by atoms with van der Waals surface area (Å²) in [5.41, 5.74) is 0.223. The third kappa shape index (κ3) is 3.86. The Bertz CT molecular complexity index is 972. The Morgan fingerprint density at radius 2 is 1.96 bits per heavy atom. The minimum Gasteiger partial charge on any atom is -0.455 e. The fraction of sp³-hybridized carbons (Fsp3) is 0.0588. The van der Waals surface area contributed by atoms with Gasteiger partial charge in [0.1, 0.15) is 23.7 Å². The van der Waals surface area contributed by atoms with Crippen LogP contribution in [0.1, 0.15) is 16.1 Å². The first kappa shape index (κ1) is 17.6. The molecule has 0 amide bonds. The Balaban J connectivity index is 1.72. The van der Waals surface area contributed by atoms with Gasteiger partial charge in [-0.3, -0.25) is 10.1 Å². The summed E-state index contributed by atoms with van der Waals surface area (Å²) in [4.78, 5) is 22.4. The SMILES string of the molecule is O=C(OCc1cc(-c2ccc(F)cc2)on1)c1cc(Cl)ccc1[N+](=O)[O-]. The molecule has 3 aromatic rings. The van der Waals surface area contributed by atoms with Gasteiger partial charge in [0.05, 0.1) is 4.92 Å². The van der Waals surface area contributed by atoms with E-state index >= 15 is 0 Å². The number of nitro benzene ring substituents is 1. The Labute approximate surface area is 151 Å². The van der Waals surface area contributed by atoms with Gasteiger partial charge in [-0.2, -0.15) is 0 Å². The van der Waals surface area contributed by atoms with Crippen LogP contribution < -0.4 is 0 Å². The van der Waals surface area contributed by atoms with Crippen LogP contribution in [-0.4, -0.2) is 16.0 Å². The van der Waals surface area contributed by atoms with Gasteiger partial charge in [-0.05, 0) is 36.4 Å². The second-order valence-corrected chi connectivity index (χ2v) is 5.62. The predicted molar refractivity (Wildman–Crippen MR) is 89.1 cm³/mol. The molecule has 1 heterocycles. The van der Waals surface area contributed by atoms with Gasteiger partial charge in [-0.25, -0.2) is 9.18 Å². The fourth-order valence-electron chi connectivity index (χ4n) is 2.18. The molecule has 0 radical (unpaired) electrons. The second kappa shape index (κ2) is 7.32. The van der Waals surface area contributed by atoms with Gasteiger partial charge >= 0.3 is 5.97 Å². The molecule has 2 aromatic carbocycles. The standard InChI is InChI=1S/C17H10ClFN2O5/c18-11-3-6-15(21(23)24)14(7-11)17(22)25-9-13-8-16(26-20-13)10-1-4-12(19)5-2-10/h1-8H,9H2. The van der Waals surface area contributed by atoms with E-state index in [-0.39, 0.29) is 23.0 Å². The zero-order valence-corrected chi connectivity index (χ0v) is 13.8. The van der Waals surface area contributed by atoms with E-state index in [2.05, 4.69) is 5.16 Å². The summed E-state index contributed by atoms with van der Waals surface area (Å²) < 4.78 is 23.1. The molecule has 0 aliphatic heterocycles. The van der Waals surface area contributed by atoms with E-state index in [0.717, 1.165) is 12.1 Å². The van der Waals surface area contributed by atoms with E-state index in [1.165, 1.54) is 36.4 Å². The van der Waals surface area contributed by atoms with Crippen molar-refractivity contribution >= 4 is 23.3 Å². The molecule has 0 fully saturated rings. The van der Waals surface area contributed by atoms with Gasteiger partial charge < -0.3 is 9.26 Å². The third-order valence-electron chi connectivity index (χ3n) is 3.41. The highest BCUT2D eigenvalue weighted by atomic mass is 35.5. The summed E-state index contributed by atoms with van der Waals surface area (Å²) in [6, 6.07) is 10.7. The van der Waals surface area contributed by atoms with E-state index < -0.39 is 16.6 Å². The van der Waals surface area contributed by atoms with E-state index in [1.807, 2.05) is 0 Å². The molecule has 26 heavy (non-hydrogen) atoms. The first-order valence-electron chi connectivity index (χ1n) is 7.26. The van der Waals surface area contributed by atoms with E-state index in [9.17, 15) is 19.3 Å². The first-order valence-corrected chi connectivity index (χ1v) is 7.64. The summed E-state index contributed by atoms with van der Waals surface area (Å²) in [7, 11) is 0. The molecular weight excluding hydrogens is 367 g/mol. The average molecular weight is 377 g/mol. The molecule has 3 rings (SSSR count). The molecule has 9 heteroatoms. The number of halogens is 2. The van der Waals surface area contributed by atoms with E-state index in [1.54, 1.807) is 0 Å². The zero-order valence-electron chi connectivity index (χ0n) is 13.0. The van der Waals surface area contributed by atoms with Crippen LogP contribution in [0.2, 0.25) is 5.02 Å². The van der Waals surface area contributed by atoms with Crippen LogP contribution in [0.15, 0.2) is 53.1 Å². The van der Waals surface area contributed by atoms with Gasteiger partial charge in [0.2, 0.25) is 0 Å². The molecule has 0 unspecified atom stereocenters. The molecule has 0 saturated carbocycles. The van der Waals surface area contributed by atoms with Crippen molar-refractivity contribution in [3.05, 3.63) is 80.7 Å². The van der Waals surface area contributed by atoms with Crippen LogP contribution in [0.5, 0.6) is 0 Å². The number of carbonyl (C=O) groups is 1. The van der Waals surface area contributed by atoms with Crippen molar-refractivity contribution in [2.24, 2.45) is 0 Å². The van der Waals surface area contributed by atoms with E-state index in [4.69, 9.17) is 20.9 Å². The average Bonchev–Trinajstić information content (AvgIpc) is 3.09. The molecule has 0 bridgehead atoms. The molecule has 1 aromatic heterocycles. The van der Waals surface area contributed by atoms with Gasteiger partial charge in [0.15, 0.2) is 5.76 Å². The van der Waals surface area contributed by atoms with Crippen molar-refractivity contribution in [3.63, 3.8) is 0 Å². The summed E-state index contributed by atoms with van der Waals surface area (Å²) in [5, 5.41) is 14.9. The summed E-state index contributed by atoms with van der Waals surface area (Å²) in [5.74, 6) is -0.930. The molecular formula is C17H10ClFN2O5. The number of hydrogen-bond acceptors (Lipinski definition) is 6. The Morgan fingerprint density at radius 1 is 1.23 bits per heavy atom. The maximum Gasteiger partial charge on any atom is 0.345 e. The smallest absolute Gasteiger partial charge is 0.345 e. The topological polar surface area (TPSA) is 95.5 Å². The highest BCUT2D eigenvalue weighted by molar-refractivity contribution is 6.31. The van der Waals surface area contributed by atoms with Crippen molar-refractivity contribution in [1.29, 1.82) is 0 Å². The van der Waals surface area contributed by atoms with Crippen LogP contribution >= 0.6 is 11.6 Å². The molecule has 0 aliphatic rings. The molecule has 7 nitrogen and oxygen atoms in total. The molecule has 0 spiro atoms. The van der Waals surface area contributed by atoms with Crippen molar-refractivity contribution in [2.75, 3.05) is 0 Å². The highest BCUT2D eigenvalue weighted by Gasteiger charge is 2.22. The van der Waals surface area contributed by atoms with Gasteiger partial charge in [0.25, 0.3) is 5.69 Å². The summed E-state index contributed by atoms with van der Waals surface area (Å²) in [6.07, 6.45) is 0. The number of rotatable bonds is 5. The summed E-state index contributed by atoms with van der Waals surface area (Å²) >= 11 is 5.78. The lowest BCUT2D eigenvalue weighted by atomic mass is 10.1. The Hall–Kier alpha value is -3.26. The maximum atomic E-state index is 12.9. The second-order valence-electron chi connectivity index (χ2n) is 5.18. The number of nitro groups is 1. The normalized spacial score (nSPS) is 10.5. The van der Waals surface area contributed by atoms with Crippen molar-refractivity contribution in [3.8, 4) is 11.3 Å². The zero-order chi connectivity index (χ0) is 18.7. The number of ether oxygens (including phenoxy) is 1. The van der Waals surface area contributed by atoms with Gasteiger partial charge in [-0.1, -0.05) is 16.8 Å². The Kier molecular flexibility index (Phi) is 4.94. The lowest BCUT2D eigenvalue weighted by molar-refractivity contribution is -0.385. The number of nitrogens with zero attached hydrogens (tertiary/aromatic N) is 2. The minimum absolute atomic E-state index is 0.169. The molecule has 0 saturated heterocycles. The lowest BCUT2D eigenvalue weighted by Gasteiger charge is -2.04. The predicted octanol–water partition coefficient (Wildman–Crippen LogP) is 4.40.